The predicted molar refractivity (Wildman–Crippen MR) is 144 cm³/mol. The van der Waals surface area contributed by atoms with Gasteiger partial charge in [0, 0.05) is 35.2 Å². The number of hydrogen-bond donors (Lipinski definition) is 5. The van der Waals surface area contributed by atoms with E-state index in [1.807, 2.05) is 18.2 Å². The van der Waals surface area contributed by atoms with Gasteiger partial charge in [0.2, 0.25) is 0 Å². The van der Waals surface area contributed by atoms with Crippen molar-refractivity contribution in [3.63, 3.8) is 0 Å². The molecule has 5 atom stereocenters. The molecule has 1 fully saturated rings. The number of nitrogens with one attached hydrogen (secondary N) is 2. The van der Waals surface area contributed by atoms with Crippen LogP contribution < -0.4 is 5.32 Å². The molecule has 2 aliphatic heterocycles. The van der Waals surface area contributed by atoms with Crippen LogP contribution in [0.2, 0.25) is 10.0 Å². The number of aliphatic hydroxyl groups excluding tert-OH is 3. The molecule has 7 rings (SSSR count). The third-order valence-electron chi connectivity index (χ3n) is 7.87. The zero-order valence-electron chi connectivity index (χ0n) is 20.0. The molecule has 2 aromatic heterocycles. The minimum Gasteiger partial charge on any atom is -0.394 e. The lowest BCUT2D eigenvalue weighted by Crippen LogP contribution is -2.57. The Kier molecular flexibility index (Phi) is 5.44. The predicted octanol–water partition coefficient (Wildman–Crippen LogP) is 3.61. The maximum atomic E-state index is 13.3. The van der Waals surface area contributed by atoms with Crippen LogP contribution >= 0.6 is 23.2 Å². The number of rotatable bonds is 3. The van der Waals surface area contributed by atoms with Gasteiger partial charge < -0.3 is 39.7 Å². The van der Waals surface area contributed by atoms with Crippen LogP contribution in [0.3, 0.4) is 0 Å². The summed E-state index contributed by atoms with van der Waals surface area (Å²) in [5, 5.41) is 39.2. The Hall–Kier alpha value is -2.89. The largest absolute Gasteiger partial charge is 0.394 e. The molecule has 5 unspecified atom stereocenters. The summed E-state index contributed by atoms with van der Waals surface area (Å²) >= 11 is 13.4. The fourth-order valence-electron chi connectivity index (χ4n) is 6.28. The van der Waals surface area contributed by atoms with Crippen molar-refractivity contribution >= 4 is 72.7 Å². The molecule has 3 aromatic carbocycles. The number of H-pyrrole nitrogens is 1. The van der Waals surface area contributed by atoms with Crippen LogP contribution in [-0.2, 0) is 16.0 Å². The number of aromatic amines is 1. The summed E-state index contributed by atoms with van der Waals surface area (Å²) in [7, 11) is 1.38. The molecule has 0 bridgehead atoms. The molecule has 38 heavy (non-hydrogen) atoms. The number of fused-ring (bicyclic) bond motifs is 10. The highest BCUT2D eigenvalue weighted by Gasteiger charge is 2.47. The van der Waals surface area contributed by atoms with Gasteiger partial charge in [0.15, 0.2) is 6.23 Å². The van der Waals surface area contributed by atoms with Crippen LogP contribution in [0.5, 0.6) is 0 Å². The van der Waals surface area contributed by atoms with Crippen LogP contribution in [0.1, 0.15) is 22.1 Å². The number of nitrogens with zero attached hydrogens (tertiary/aromatic N) is 1. The van der Waals surface area contributed by atoms with Gasteiger partial charge in [0.1, 0.15) is 24.4 Å². The average molecular weight is 556 g/mol. The molecule has 196 valence electrons. The lowest BCUT2D eigenvalue weighted by atomic mass is 9.96. The summed E-state index contributed by atoms with van der Waals surface area (Å²) in [6, 6.07) is 11.0. The van der Waals surface area contributed by atoms with E-state index in [9.17, 15) is 20.1 Å². The van der Waals surface area contributed by atoms with Gasteiger partial charge in [-0.25, -0.2) is 0 Å². The van der Waals surface area contributed by atoms with Gasteiger partial charge in [-0.1, -0.05) is 47.5 Å². The first kappa shape index (κ1) is 24.2. The third kappa shape index (κ3) is 3.03. The van der Waals surface area contributed by atoms with Gasteiger partial charge in [-0.2, -0.15) is 0 Å². The van der Waals surface area contributed by atoms with Gasteiger partial charge in [-0.3, -0.25) is 4.79 Å². The molecule has 0 aliphatic carbocycles. The molecule has 4 heterocycles. The molecule has 1 amide bonds. The number of aliphatic hydroxyl groups is 3. The number of benzene rings is 3. The van der Waals surface area contributed by atoms with Crippen LogP contribution in [-0.4, -0.2) is 68.9 Å². The molecule has 11 heteroatoms. The summed E-state index contributed by atoms with van der Waals surface area (Å²) in [6.07, 6.45) is -5.85. The number of amides is 1. The number of aromatic nitrogens is 2. The van der Waals surface area contributed by atoms with Crippen molar-refractivity contribution in [3.05, 3.63) is 57.6 Å². The molecule has 2 aliphatic rings. The van der Waals surface area contributed by atoms with Crippen molar-refractivity contribution in [2.24, 2.45) is 0 Å². The number of halogens is 2. The number of hydrogen-bond acceptors (Lipinski definition) is 6. The van der Waals surface area contributed by atoms with E-state index in [2.05, 4.69) is 10.3 Å². The molecule has 0 spiro atoms. The Morgan fingerprint density at radius 2 is 1.76 bits per heavy atom. The van der Waals surface area contributed by atoms with Gasteiger partial charge in [-0.05, 0) is 17.7 Å². The van der Waals surface area contributed by atoms with Crippen LogP contribution in [0, 0.1) is 0 Å². The van der Waals surface area contributed by atoms with E-state index in [-0.39, 0.29) is 5.91 Å². The number of carbonyl (C=O) groups is 1. The smallest absolute Gasteiger partial charge is 0.252 e. The molecule has 1 saturated heterocycles. The zero-order chi connectivity index (χ0) is 26.5. The summed E-state index contributed by atoms with van der Waals surface area (Å²) in [4.78, 5) is 16.8. The van der Waals surface area contributed by atoms with Crippen molar-refractivity contribution in [1.82, 2.24) is 14.9 Å². The monoisotopic (exact) mass is 555 g/mol. The number of ether oxygens (including phenoxy) is 2. The number of methoxy groups -OCH3 is 1. The van der Waals surface area contributed by atoms with Crippen molar-refractivity contribution in [2.45, 2.75) is 37.2 Å². The Labute approximate surface area is 225 Å². The first-order chi connectivity index (χ1) is 18.4. The average Bonchev–Trinajstić information content (AvgIpc) is 3.58. The fraction of sp³-hybridized carbons (Fsp3) is 0.296. The summed E-state index contributed by atoms with van der Waals surface area (Å²) in [6.45, 7) is -0.102. The normalized spacial score (nSPS) is 25.6. The first-order valence-corrected chi connectivity index (χ1v) is 12.9. The summed E-state index contributed by atoms with van der Waals surface area (Å²) in [5.41, 5.74) is 3.83. The van der Waals surface area contributed by atoms with Crippen LogP contribution in [0.25, 0.3) is 43.6 Å². The number of carbonyl (C=O) groups excluding carboxylic acids is 1. The van der Waals surface area contributed by atoms with Crippen molar-refractivity contribution in [3.8, 4) is 0 Å². The molecular formula is C27H23Cl2N3O6. The van der Waals surface area contributed by atoms with Gasteiger partial charge in [0.25, 0.3) is 5.91 Å². The molecule has 0 saturated carbocycles. The highest BCUT2D eigenvalue weighted by molar-refractivity contribution is 6.40. The zero-order valence-corrected chi connectivity index (χ0v) is 21.5. The second-order valence-electron chi connectivity index (χ2n) is 9.73. The standard InChI is InChI=1S/C27H23Cl2N3O6/c1-37-25-15(9-33)38-27(24(35)23(25)34)32-21-11(5-3-7-14(21)29)17-18-12(8-30-26(18)36)16-10-4-2-6-13(28)19(10)31-20(16)22(17)32/h2-7,15,23-25,27,31,33-35H,8-9H2,1H3,(H,30,36). The van der Waals surface area contributed by atoms with Gasteiger partial charge in [0.05, 0.1) is 44.3 Å². The topological polar surface area (TPSA) is 129 Å². The van der Waals surface area contributed by atoms with Crippen LogP contribution in [0.4, 0.5) is 0 Å². The van der Waals surface area contributed by atoms with E-state index in [4.69, 9.17) is 32.7 Å². The van der Waals surface area contributed by atoms with Crippen molar-refractivity contribution in [1.29, 1.82) is 0 Å². The van der Waals surface area contributed by atoms with E-state index in [0.717, 1.165) is 16.3 Å². The molecule has 0 radical (unpaired) electrons. The molecule has 5 aromatic rings. The Bertz CT molecular complexity index is 1790. The lowest BCUT2D eigenvalue weighted by Gasteiger charge is -2.42. The van der Waals surface area contributed by atoms with Crippen molar-refractivity contribution < 1.29 is 29.6 Å². The minimum atomic E-state index is -1.44. The summed E-state index contributed by atoms with van der Waals surface area (Å²) < 4.78 is 13.3. The van der Waals surface area contributed by atoms with E-state index in [1.165, 1.54) is 7.11 Å². The summed E-state index contributed by atoms with van der Waals surface area (Å²) in [5.74, 6) is -0.222. The van der Waals surface area contributed by atoms with E-state index >= 15 is 0 Å². The second-order valence-corrected chi connectivity index (χ2v) is 10.5. The second kappa shape index (κ2) is 8.56. The van der Waals surface area contributed by atoms with E-state index < -0.39 is 37.3 Å². The Morgan fingerprint density at radius 3 is 2.50 bits per heavy atom. The van der Waals surface area contributed by atoms with Gasteiger partial charge >= 0.3 is 0 Å². The highest BCUT2D eigenvalue weighted by Crippen LogP contribution is 2.48. The SMILES string of the molecule is COC1C(CO)OC(n2c3c(Cl)cccc3c3c4c(c5c6cccc(Cl)c6[nH]c5c32)CNC4=O)C(O)C1O. The fourth-order valence-corrected chi connectivity index (χ4v) is 6.77. The molecular weight excluding hydrogens is 533 g/mol. The maximum absolute atomic E-state index is 13.3. The Morgan fingerprint density at radius 1 is 1.03 bits per heavy atom. The quantitative estimate of drug-likeness (QED) is 0.231. The van der Waals surface area contributed by atoms with E-state index in [0.29, 0.717) is 55.0 Å². The van der Waals surface area contributed by atoms with Crippen molar-refractivity contribution in [2.75, 3.05) is 13.7 Å². The third-order valence-corrected chi connectivity index (χ3v) is 8.49. The molecule has 5 N–H and O–H groups in total. The Balaban J connectivity index is 1.69. The minimum absolute atomic E-state index is 0.222. The van der Waals surface area contributed by atoms with Gasteiger partial charge in [-0.15, -0.1) is 0 Å². The van der Waals surface area contributed by atoms with Crippen LogP contribution in [0.15, 0.2) is 36.4 Å². The highest BCUT2D eigenvalue weighted by atomic mass is 35.5. The number of para-hydroxylation sites is 2. The molecule has 9 nitrogen and oxygen atoms in total. The first-order valence-electron chi connectivity index (χ1n) is 12.2. The van der Waals surface area contributed by atoms with E-state index in [1.54, 1.807) is 22.8 Å². The lowest BCUT2D eigenvalue weighted by molar-refractivity contribution is -0.255. The maximum Gasteiger partial charge on any atom is 0.252 e.